The normalized spacial score (nSPS) is 52.8. The number of ether oxygens (including phenoxy) is 1. The van der Waals surface area contributed by atoms with Crippen LogP contribution in [0.1, 0.15) is 98.3 Å². The fraction of sp³-hybridized carbons (Fsp3) is 0.929. The van der Waals surface area contributed by atoms with Crippen molar-refractivity contribution in [3.63, 3.8) is 0 Å². The molecule has 5 aliphatic rings. The summed E-state index contributed by atoms with van der Waals surface area (Å²) < 4.78 is 5.48. The highest BCUT2D eigenvalue weighted by atomic mass is 16.5. The molecule has 1 saturated heterocycles. The van der Waals surface area contributed by atoms with E-state index in [1.165, 1.54) is 32.1 Å². The van der Waals surface area contributed by atoms with Gasteiger partial charge in [0.15, 0.2) is 0 Å². The number of aliphatic hydroxyl groups is 2. The van der Waals surface area contributed by atoms with Crippen LogP contribution < -0.4 is 0 Å². The van der Waals surface area contributed by atoms with Gasteiger partial charge in [0.25, 0.3) is 0 Å². The maximum atomic E-state index is 10.8. The summed E-state index contributed by atoms with van der Waals surface area (Å²) in [6.07, 6.45) is 15.2. The molecule has 4 aliphatic carbocycles. The molecule has 0 aromatic rings. The Morgan fingerprint density at radius 3 is 2.58 bits per heavy atom. The van der Waals surface area contributed by atoms with Crippen LogP contribution in [-0.4, -0.2) is 34.6 Å². The molecule has 9 atom stereocenters. The number of rotatable bonds is 4. The molecule has 0 amide bonds. The van der Waals surface area contributed by atoms with Crippen LogP contribution in [0, 0.1) is 40.4 Å². The molecule has 0 spiro atoms. The largest absolute Gasteiger partial charge is 0.390 e. The van der Waals surface area contributed by atoms with E-state index < -0.39 is 11.2 Å². The lowest BCUT2D eigenvalue weighted by Crippen LogP contribution is -2.52. The first-order valence-electron chi connectivity index (χ1n) is 13.3. The van der Waals surface area contributed by atoms with Gasteiger partial charge in [0.05, 0.1) is 17.8 Å². The van der Waals surface area contributed by atoms with Gasteiger partial charge in [-0.3, -0.25) is 0 Å². The fourth-order valence-electron chi connectivity index (χ4n) is 9.27. The minimum Gasteiger partial charge on any atom is -0.390 e. The first-order chi connectivity index (χ1) is 14.6. The molecular formula is C28H46O3. The van der Waals surface area contributed by atoms with Crippen LogP contribution >= 0.6 is 0 Å². The van der Waals surface area contributed by atoms with Crippen LogP contribution in [0.5, 0.6) is 0 Å². The van der Waals surface area contributed by atoms with E-state index in [0.717, 1.165) is 68.8 Å². The first kappa shape index (κ1) is 22.4. The molecule has 1 unspecified atom stereocenters. The summed E-state index contributed by atoms with van der Waals surface area (Å²) in [5.41, 5.74) is 1.30. The zero-order chi connectivity index (χ0) is 22.1. The Balaban J connectivity index is 1.31. The van der Waals surface area contributed by atoms with Gasteiger partial charge in [-0.2, -0.15) is 0 Å². The number of allylic oxidation sites excluding steroid dienone is 1. The zero-order valence-corrected chi connectivity index (χ0v) is 20.5. The van der Waals surface area contributed by atoms with Crippen LogP contribution in [0.4, 0.5) is 0 Å². The van der Waals surface area contributed by atoms with E-state index in [2.05, 4.69) is 26.8 Å². The minimum atomic E-state index is -0.563. The second-order valence-electron chi connectivity index (χ2n) is 13.2. The van der Waals surface area contributed by atoms with Crippen molar-refractivity contribution in [2.45, 2.75) is 110 Å². The number of hydrogen-bond acceptors (Lipinski definition) is 3. The van der Waals surface area contributed by atoms with Gasteiger partial charge in [0, 0.05) is 13.0 Å². The third kappa shape index (κ3) is 3.66. The Morgan fingerprint density at radius 2 is 1.84 bits per heavy atom. The molecule has 3 nitrogen and oxygen atoms in total. The number of hydrogen-bond donors (Lipinski definition) is 2. The van der Waals surface area contributed by atoms with Crippen molar-refractivity contribution in [3.8, 4) is 0 Å². The van der Waals surface area contributed by atoms with E-state index in [4.69, 9.17) is 4.74 Å². The van der Waals surface area contributed by atoms with Crippen LogP contribution in [0.25, 0.3) is 0 Å². The van der Waals surface area contributed by atoms with Crippen molar-refractivity contribution >= 4 is 0 Å². The summed E-state index contributed by atoms with van der Waals surface area (Å²) in [5, 5.41) is 21.5. The molecule has 0 bridgehead atoms. The highest BCUT2D eigenvalue weighted by molar-refractivity contribution is 5.26. The summed E-state index contributed by atoms with van der Waals surface area (Å²) in [7, 11) is 0. The van der Waals surface area contributed by atoms with Gasteiger partial charge in [-0.05, 0) is 112 Å². The monoisotopic (exact) mass is 430 g/mol. The minimum absolute atomic E-state index is 0.321. The highest BCUT2D eigenvalue weighted by Crippen LogP contribution is 2.67. The third-order valence-electron chi connectivity index (χ3n) is 11.3. The molecule has 0 aromatic carbocycles. The first-order valence-corrected chi connectivity index (χ1v) is 13.3. The standard InChI is InChI=1S/C28H46O3/c1-19(9-12-28(30)15-16-31-18-28)22-7-8-23-21-6-5-20-17-25(2,29)13-14-26(20,3)24(21)10-11-27(22,23)4/h5,19,21-24,29-30H,6-18H2,1-4H3/t19-,21+,22-,23+,24+,25+,26+,27-,28?/m1/s1. The molecule has 3 heteroatoms. The Morgan fingerprint density at radius 1 is 1.03 bits per heavy atom. The van der Waals surface area contributed by atoms with Crippen LogP contribution in [0.2, 0.25) is 0 Å². The van der Waals surface area contributed by atoms with Gasteiger partial charge in [-0.25, -0.2) is 0 Å². The van der Waals surface area contributed by atoms with Crippen molar-refractivity contribution < 1.29 is 14.9 Å². The second-order valence-corrected chi connectivity index (χ2v) is 13.2. The quantitative estimate of drug-likeness (QED) is 0.547. The lowest BCUT2D eigenvalue weighted by Gasteiger charge is -2.59. The summed E-state index contributed by atoms with van der Waals surface area (Å²) in [5.74, 6) is 3.99. The van der Waals surface area contributed by atoms with E-state index in [9.17, 15) is 10.2 Å². The summed E-state index contributed by atoms with van der Waals surface area (Å²) >= 11 is 0. The molecule has 0 radical (unpaired) electrons. The van der Waals surface area contributed by atoms with Crippen molar-refractivity contribution in [1.82, 2.24) is 0 Å². The molecule has 0 aromatic heterocycles. The smallest absolute Gasteiger partial charge is 0.0902 e. The molecule has 3 saturated carbocycles. The van der Waals surface area contributed by atoms with Crippen LogP contribution in [0.3, 0.4) is 0 Å². The lowest BCUT2D eigenvalue weighted by molar-refractivity contribution is -0.0717. The maximum Gasteiger partial charge on any atom is 0.0902 e. The topological polar surface area (TPSA) is 49.7 Å². The second kappa shape index (κ2) is 7.57. The fourth-order valence-corrected chi connectivity index (χ4v) is 9.27. The van der Waals surface area contributed by atoms with Gasteiger partial charge in [-0.1, -0.05) is 32.4 Å². The van der Waals surface area contributed by atoms with Gasteiger partial charge in [0.2, 0.25) is 0 Å². The van der Waals surface area contributed by atoms with Gasteiger partial charge in [-0.15, -0.1) is 0 Å². The Hall–Kier alpha value is -0.380. The van der Waals surface area contributed by atoms with Crippen molar-refractivity contribution in [1.29, 1.82) is 0 Å². The average molecular weight is 431 g/mol. The Kier molecular flexibility index (Phi) is 5.47. The van der Waals surface area contributed by atoms with E-state index in [0.29, 0.717) is 23.4 Å². The van der Waals surface area contributed by atoms with E-state index in [1.54, 1.807) is 5.57 Å². The van der Waals surface area contributed by atoms with E-state index >= 15 is 0 Å². The molecule has 176 valence electrons. The maximum absolute atomic E-state index is 10.8. The SMILES string of the molecule is C[C@H](CCC1(O)CCOC1)[C@H]1CC[C@H]2[C@@H]3CC=C4C[C@@](C)(O)CC[C@]4(C)[C@H]3CC[C@]12C. The molecule has 1 aliphatic heterocycles. The Bertz CT molecular complexity index is 720. The molecule has 1 heterocycles. The average Bonchev–Trinajstić information content (AvgIpc) is 3.30. The molecular weight excluding hydrogens is 384 g/mol. The summed E-state index contributed by atoms with van der Waals surface area (Å²) in [6.45, 7) is 10.9. The molecule has 2 N–H and O–H groups in total. The molecule has 31 heavy (non-hydrogen) atoms. The van der Waals surface area contributed by atoms with Crippen LogP contribution in [0.15, 0.2) is 11.6 Å². The van der Waals surface area contributed by atoms with Gasteiger partial charge >= 0.3 is 0 Å². The molecule has 4 fully saturated rings. The van der Waals surface area contributed by atoms with E-state index in [1.807, 2.05) is 6.92 Å². The zero-order valence-electron chi connectivity index (χ0n) is 20.5. The van der Waals surface area contributed by atoms with Gasteiger partial charge in [0.1, 0.15) is 0 Å². The predicted octanol–water partition coefficient (Wildman–Crippen LogP) is 5.88. The van der Waals surface area contributed by atoms with Crippen molar-refractivity contribution in [3.05, 3.63) is 11.6 Å². The lowest BCUT2D eigenvalue weighted by atomic mass is 9.46. The van der Waals surface area contributed by atoms with Crippen LogP contribution in [-0.2, 0) is 4.74 Å². The number of fused-ring (bicyclic) bond motifs is 5. The summed E-state index contributed by atoms with van der Waals surface area (Å²) in [6, 6.07) is 0. The highest BCUT2D eigenvalue weighted by Gasteiger charge is 2.59. The van der Waals surface area contributed by atoms with E-state index in [-0.39, 0.29) is 0 Å². The third-order valence-corrected chi connectivity index (χ3v) is 11.3. The predicted molar refractivity (Wildman–Crippen MR) is 125 cm³/mol. The van der Waals surface area contributed by atoms with Gasteiger partial charge < -0.3 is 14.9 Å². The summed E-state index contributed by atoms with van der Waals surface area (Å²) in [4.78, 5) is 0. The van der Waals surface area contributed by atoms with Crippen molar-refractivity contribution in [2.24, 2.45) is 40.4 Å². The Labute approximate surface area is 190 Å². The molecule has 5 rings (SSSR count). The van der Waals surface area contributed by atoms with Crippen molar-refractivity contribution in [2.75, 3.05) is 13.2 Å².